The van der Waals surface area contributed by atoms with E-state index in [1.165, 1.54) is 6.92 Å². The van der Waals surface area contributed by atoms with Gasteiger partial charge in [0.25, 0.3) is 0 Å². The number of aldehydes is 1. The van der Waals surface area contributed by atoms with Crippen LogP contribution in [0.1, 0.15) is 13.3 Å². The number of anilines is 2. The van der Waals surface area contributed by atoms with Crippen molar-refractivity contribution in [3.63, 3.8) is 0 Å². The number of fused-ring (bicyclic) bond motifs is 1. The van der Waals surface area contributed by atoms with Gasteiger partial charge in [0, 0.05) is 38.6 Å². The molecule has 2 aliphatic heterocycles. The lowest BCUT2D eigenvalue weighted by Gasteiger charge is -2.24. The number of nitrogens with one attached hydrogen (secondary N) is 1. The highest BCUT2D eigenvalue weighted by Crippen LogP contribution is 2.54. The fraction of sp³-hybridized carbons (Fsp3) is 0.526. The lowest BCUT2D eigenvalue weighted by molar-refractivity contribution is -0.119. The first-order chi connectivity index (χ1) is 13.4. The SMILES string of the molecule is CC(=O)NC[C@H]1CN(c2cc(F)c(N3CC4C(CC=O)C4C3)c(F)c2)C(=O)O1. The van der Waals surface area contributed by atoms with E-state index in [0.29, 0.717) is 37.3 Å². The molecule has 0 aromatic heterocycles. The van der Waals surface area contributed by atoms with Gasteiger partial charge in [0.15, 0.2) is 11.6 Å². The normalized spacial score (nSPS) is 28.2. The number of carbonyl (C=O) groups is 3. The van der Waals surface area contributed by atoms with Crippen molar-refractivity contribution in [3.8, 4) is 0 Å². The monoisotopic (exact) mass is 393 g/mol. The maximum Gasteiger partial charge on any atom is 0.414 e. The number of nitrogens with zero attached hydrogens (tertiary/aromatic N) is 2. The van der Waals surface area contributed by atoms with Gasteiger partial charge in [0.2, 0.25) is 5.91 Å². The quantitative estimate of drug-likeness (QED) is 0.745. The number of carbonyl (C=O) groups excluding carboxylic acids is 3. The molecule has 0 radical (unpaired) electrons. The number of ether oxygens (including phenoxy) is 1. The van der Waals surface area contributed by atoms with Crippen molar-refractivity contribution in [3.05, 3.63) is 23.8 Å². The van der Waals surface area contributed by atoms with Crippen molar-refractivity contribution in [2.24, 2.45) is 17.8 Å². The molecule has 0 spiro atoms. The molecule has 0 bridgehead atoms. The highest BCUT2D eigenvalue weighted by atomic mass is 19.1. The number of benzene rings is 1. The van der Waals surface area contributed by atoms with Crippen LogP contribution in [0.2, 0.25) is 0 Å². The summed E-state index contributed by atoms with van der Waals surface area (Å²) < 4.78 is 34.5. The summed E-state index contributed by atoms with van der Waals surface area (Å²) in [6, 6.07) is 2.26. The van der Waals surface area contributed by atoms with E-state index < -0.39 is 23.8 Å². The van der Waals surface area contributed by atoms with Crippen LogP contribution >= 0.6 is 0 Å². The van der Waals surface area contributed by atoms with E-state index in [0.717, 1.165) is 23.3 Å². The van der Waals surface area contributed by atoms with Gasteiger partial charge >= 0.3 is 6.09 Å². The Bertz CT molecular complexity index is 798. The van der Waals surface area contributed by atoms with Crippen LogP contribution in [0, 0.1) is 29.4 Å². The van der Waals surface area contributed by atoms with Gasteiger partial charge in [-0.05, 0) is 17.8 Å². The van der Waals surface area contributed by atoms with E-state index in [2.05, 4.69) is 5.32 Å². The van der Waals surface area contributed by atoms with Crippen LogP contribution in [0.25, 0.3) is 0 Å². The molecular weight excluding hydrogens is 372 g/mol. The fourth-order valence-corrected chi connectivity index (χ4v) is 4.40. The van der Waals surface area contributed by atoms with E-state index in [9.17, 15) is 23.2 Å². The van der Waals surface area contributed by atoms with Gasteiger partial charge in [-0.25, -0.2) is 13.6 Å². The number of cyclic esters (lactones) is 1. The summed E-state index contributed by atoms with van der Waals surface area (Å²) in [5.74, 6) is -0.768. The second-order valence-corrected chi connectivity index (χ2v) is 7.61. The largest absolute Gasteiger partial charge is 0.442 e. The molecule has 7 nitrogen and oxygen atoms in total. The lowest BCUT2D eigenvalue weighted by Crippen LogP contribution is -2.33. The van der Waals surface area contributed by atoms with Gasteiger partial charge < -0.3 is 19.7 Å². The van der Waals surface area contributed by atoms with E-state index in [1.807, 2.05) is 0 Å². The molecule has 1 aliphatic carbocycles. The maximum atomic E-state index is 14.7. The minimum Gasteiger partial charge on any atom is -0.442 e. The molecule has 4 rings (SSSR count). The van der Waals surface area contributed by atoms with Gasteiger partial charge in [-0.3, -0.25) is 9.69 Å². The molecule has 1 aromatic rings. The molecule has 9 heteroatoms. The first kappa shape index (κ1) is 18.6. The Hall–Kier alpha value is -2.71. The molecule has 28 heavy (non-hydrogen) atoms. The molecule has 1 N–H and O–H groups in total. The Morgan fingerprint density at radius 3 is 2.46 bits per heavy atom. The third kappa shape index (κ3) is 3.29. The second-order valence-electron chi connectivity index (χ2n) is 7.61. The highest BCUT2D eigenvalue weighted by molar-refractivity contribution is 5.90. The number of rotatable bonds is 6. The molecule has 2 amide bonds. The first-order valence-corrected chi connectivity index (χ1v) is 9.29. The summed E-state index contributed by atoms with van der Waals surface area (Å²) in [5, 5.41) is 2.55. The number of halogens is 2. The summed E-state index contributed by atoms with van der Waals surface area (Å²) in [6.07, 6.45) is 0.116. The zero-order valence-electron chi connectivity index (χ0n) is 15.4. The lowest BCUT2D eigenvalue weighted by atomic mass is 10.1. The zero-order valence-corrected chi connectivity index (χ0v) is 15.4. The van der Waals surface area contributed by atoms with Gasteiger partial charge in [0.1, 0.15) is 18.1 Å². The first-order valence-electron chi connectivity index (χ1n) is 9.29. The topological polar surface area (TPSA) is 79.0 Å². The average molecular weight is 393 g/mol. The highest BCUT2D eigenvalue weighted by Gasteiger charge is 2.55. The van der Waals surface area contributed by atoms with E-state index in [1.54, 1.807) is 4.90 Å². The molecular formula is C19H21F2N3O4. The van der Waals surface area contributed by atoms with Gasteiger partial charge in [0.05, 0.1) is 18.8 Å². The fourth-order valence-electron chi connectivity index (χ4n) is 4.40. The number of hydrogen-bond acceptors (Lipinski definition) is 5. The summed E-state index contributed by atoms with van der Waals surface area (Å²) in [6.45, 7) is 2.64. The van der Waals surface area contributed by atoms with E-state index in [4.69, 9.17) is 4.74 Å². The van der Waals surface area contributed by atoms with Crippen LogP contribution in [0.15, 0.2) is 12.1 Å². The summed E-state index contributed by atoms with van der Waals surface area (Å²) in [4.78, 5) is 36.5. The van der Waals surface area contributed by atoms with Crippen molar-refractivity contribution >= 4 is 29.7 Å². The minimum atomic E-state index is -0.735. The van der Waals surface area contributed by atoms with E-state index in [-0.39, 0.29) is 30.4 Å². The molecule has 150 valence electrons. The van der Waals surface area contributed by atoms with Gasteiger partial charge in [-0.15, -0.1) is 0 Å². The van der Waals surface area contributed by atoms with Crippen molar-refractivity contribution in [2.45, 2.75) is 19.4 Å². The Morgan fingerprint density at radius 1 is 1.25 bits per heavy atom. The molecule has 3 fully saturated rings. The molecule has 2 saturated heterocycles. The molecule has 3 aliphatic rings. The van der Waals surface area contributed by atoms with Crippen LogP contribution in [-0.4, -0.2) is 50.6 Å². The van der Waals surface area contributed by atoms with Crippen LogP contribution in [0.5, 0.6) is 0 Å². The smallest absolute Gasteiger partial charge is 0.414 e. The number of amides is 2. The van der Waals surface area contributed by atoms with Crippen molar-refractivity contribution in [1.29, 1.82) is 0 Å². The second kappa shape index (κ2) is 7.03. The molecule has 1 aromatic carbocycles. The van der Waals surface area contributed by atoms with Crippen LogP contribution < -0.4 is 15.1 Å². The third-order valence-corrected chi connectivity index (χ3v) is 5.82. The Labute approximate surface area is 160 Å². The summed E-state index contributed by atoms with van der Waals surface area (Å²) in [5.41, 5.74) is -0.0135. The predicted octanol–water partition coefficient (Wildman–Crippen LogP) is 1.70. The molecule has 2 heterocycles. The average Bonchev–Trinajstić information content (AvgIpc) is 2.96. The predicted molar refractivity (Wildman–Crippen MR) is 96.0 cm³/mol. The van der Waals surface area contributed by atoms with Crippen LogP contribution in [0.4, 0.5) is 25.0 Å². The van der Waals surface area contributed by atoms with Gasteiger partial charge in [-0.2, -0.15) is 0 Å². The van der Waals surface area contributed by atoms with Crippen molar-refractivity contribution < 1.29 is 27.9 Å². The van der Waals surface area contributed by atoms with Crippen LogP contribution in [-0.2, 0) is 14.3 Å². The Morgan fingerprint density at radius 2 is 1.89 bits per heavy atom. The Kier molecular flexibility index (Phi) is 4.68. The molecule has 3 atom stereocenters. The third-order valence-electron chi connectivity index (χ3n) is 5.82. The van der Waals surface area contributed by atoms with Gasteiger partial charge in [-0.1, -0.05) is 0 Å². The number of piperidine rings is 1. The molecule has 1 saturated carbocycles. The Balaban J connectivity index is 1.46. The standard InChI is InChI=1S/C19H21F2N3O4/c1-10(26)22-6-12-7-24(19(27)28-12)11-4-16(20)18(17(21)5-11)23-8-14-13(2-3-25)15(14)9-23/h3-5,12-15H,2,6-9H2,1H3,(H,22,26)/t12-,13?,14?,15?/m0/s1. The van der Waals surface area contributed by atoms with Crippen molar-refractivity contribution in [1.82, 2.24) is 5.32 Å². The van der Waals surface area contributed by atoms with Crippen LogP contribution in [0.3, 0.4) is 0 Å². The maximum absolute atomic E-state index is 14.7. The van der Waals surface area contributed by atoms with E-state index >= 15 is 0 Å². The number of hydrogen-bond donors (Lipinski definition) is 1. The zero-order chi connectivity index (χ0) is 20.0. The summed E-state index contributed by atoms with van der Waals surface area (Å²) in [7, 11) is 0. The van der Waals surface area contributed by atoms with Crippen molar-refractivity contribution in [2.75, 3.05) is 36.0 Å². The minimum absolute atomic E-state index is 0.0808. The molecule has 2 unspecified atom stereocenters. The summed E-state index contributed by atoms with van der Waals surface area (Å²) >= 11 is 0.